The standard InChI is InChI=1S/C19H31NO4S/c1-12-4-5-15-13(2)16(20-8-10-25-11-9-20)21-17-19(15)14(12)6-7-18(3,22-17)23-24-19/h12-17H,4-11H2,1-3H3/t12-,13-,14+,15+,16-,17-,18-,19-/m1/s1. The van der Waals surface area contributed by atoms with Crippen LogP contribution in [0.3, 0.4) is 0 Å². The summed E-state index contributed by atoms with van der Waals surface area (Å²) in [5.74, 6) is 3.70. The molecule has 1 saturated carbocycles. The van der Waals surface area contributed by atoms with Gasteiger partial charge in [-0.3, -0.25) is 4.90 Å². The van der Waals surface area contributed by atoms with Crippen LogP contribution in [0.4, 0.5) is 0 Å². The highest BCUT2D eigenvalue weighted by Crippen LogP contribution is 2.60. The molecule has 142 valence electrons. The van der Waals surface area contributed by atoms with Gasteiger partial charge in [-0.05, 0) is 38.0 Å². The van der Waals surface area contributed by atoms with Gasteiger partial charge in [-0.15, -0.1) is 0 Å². The zero-order chi connectivity index (χ0) is 17.2. The molecule has 8 atom stereocenters. The van der Waals surface area contributed by atoms with Crippen molar-refractivity contribution in [2.24, 2.45) is 23.7 Å². The van der Waals surface area contributed by atoms with Gasteiger partial charge >= 0.3 is 0 Å². The Labute approximate surface area is 155 Å². The molecule has 0 aromatic rings. The van der Waals surface area contributed by atoms with E-state index < -0.39 is 11.4 Å². The zero-order valence-electron chi connectivity index (χ0n) is 15.6. The predicted molar refractivity (Wildman–Crippen MR) is 95.7 cm³/mol. The quantitative estimate of drug-likeness (QED) is 0.661. The average Bonchev–Trinajstić information content (AvgIpc) is 2.85. The van der Waals surface area contributed by atoms with Gasteiger partial charge in [-0.25, -0.2) is 9.78 Å². The third kappa shape index (κ3) is 2.48. The summed E-state index contributed by atoms with van der Waals surface area (Å²) in [6.45, 7) is 8.96. The Balaban J connectivity index is 1.52. The summed E-state index contributed by atoms with van der Waals surface area (Å²) in [6, 6.07) is 0. The van der Waals surface area contributed by atoms with Gasteiger partial charge in [0.1, 0.15) is 6.23 Å². The Morgan fingerprint density at radius 1 is 1.00 bits per heavy atom. The van der Waals surface area contributed by atoms with E-state index in [0.717, 1.165) is 25.9 Å². The summed E-state index contributed by atoms with van der Waals surface area (Å²) in [7, 11) is 0. The summed E-state index contributed by atoms with van der Waals surface area (Å²) in [5, 5.41) is 0. The number of rotatable bonds is 1. The lowest BCUT2D eigenvalue weighted by Gasteiger charge is -2.61. The molecule has 0 aromatic heterocycles. The highest BCUT2D eigenvalue weighted by Gasteiger charge is 2.69. The molecule has 5 heterocycles. The van der Waals surface area contributed by atoms with Crippen molar-refractivity contribution in [2.75, 3.05) is 24.6 Å². The van der Waals surface area contributed by atoms with Crippen molar-refractivity contribution in [1.29, 1.82) is 0 Å². The van der Waals surface area contributed by atoms with Gasteiger partial charge < -0.3 is 9.47 Å². The highest BCUT2D eigenvalue weighted by atomic mass is 32.2. The number of hydrogen-bond acceptors (Lipinski definition) is 6. The van der Waals surface area contributed by atoms with Crippen molar-refractivity contribution in [1.82, 2.24) is 4.90 Å². The largest absolute Gasteiger partial charge is 0.331 e. The SMILES string of the molecule is C[C@H]1[C@H](N2CCSCC2)O[C@@H]2O[C@@]3(C)CC[C@H]4[C@H](C)CC[C@@H]1[C@@]24OO3. The second kappa shape index (κ2) is 6.08. The van der Waals surface area contributed by atoms with Crippen LogP contribution in [-0.2, 0) is 19.2 Å². The topological polar surface area (TPSA) is 40.2 Å². The van der Waals surface area contributed by atoms with Crippen molar-refractivity contribution in [3.8, 4) is 0 Å². The fraction of sp³-hybridized carbons (Fsp3) is 1.00. The van der Waals surface area contributed by atoms with Crippen LogP contribution in [0.1, 0.15) is 46.5 Å². The monoisotopic (exact) mass is 369 g/mol. The first-order chi connectivity index (χ1) is 12.0. The van der Waals surface area contributed by atoms with Crippen LogP contribution in [0, 0.1) is 23.7 Å². The van der Waals surface area contributed by atoms with Gasteiger partial charge in [0.05, 0.1) is 0 Å². The first-order valence-corrected chi connectivity index (χ1v) is 11.2. The molecule has 1 aliphatic carbocycles. The number of thioether (sulfide) groups is 1. The fourth-order valence-electron chi connectivity index (χ4n) is 6.14. The average molecular weight is 370 g/mol. The maximum absolute atomic E-state index is 6.69. The molecule has 5 aliphatic heterocycles. The number of ether oxygens (including phenoxy) is 2. The van der Waals surface area contributed by atoms with E-state index in [1.807, 2.05) is 18.7 Å². The minimum Gasteiger partial charge on any atom is -0.331 e. The molecule has 5 nitrogen and oxygen atoms in total. The summed E-state index contributed by atoms with van der Waals surface area (Å²) in [4.78, 5) is 14.6. The second-order valence-electron chi connectivity index (χ2n) is 8.94. The van der Waals surface area contributed by atoms with Gasteiger partial charge in [0, 0.05) is 42.9 Å². The van der Waals surface area contributed by atoms with Gasteiger partial charge in [-0.1, -0.05) is 13.8 Å². The lowest BCUT2D eigenvalue weighted by molar-refractivity contribution is -0.574. The van der Waals surface area contributed by atoms with Gasteiger partial charge in [0.2, 0.25) is 5.79 Å². The van der Waals surface area contributed by atoms with Crippen LogP contribution in [0.15, 0.2) is 0 Å². The first kappa shape index (κ1) is 17.3. The zero-order valence-corrected chi connectivity index (χ0v) is 16.4. The Morgan fingerprint density at radius 2 is 1.80 bits per heavy atom. The molecule has 6 rings (SSSR count). The van der Waals surface area contributed by atoms with Gasteiger partial charge in [0.15, 0.2) is 11.9 Å². The highest BCUT2D eigenvalue weighted by molar-refractivity contribution is 7.99. The number of hydrogen-bond donors (Lipinski definition) is 0. The Bertz CT molecular complexity index is 530. The van der Waals surface area contributed by atoms with E-state index in [0.29, 0.717) is 23.7 Å². The fourth-order valence-corrected chi connectivity index (χ4v) is 7.07. The van der Waals surface area contributed by atoms with E-state index >= 15 is 0 Å². The van der Waals surface area contributed by atoms with Crippen LogP contribution in [0.2, 0.25) is 0 Å². The normalized spacial score (nSPS) is 56.3. The summed E-state index contributed by atoms with van der Waals surface area (Å²) in [6.07, 6.45) is 4.28. The van der Waals surface area contributed by atoms with Crippen molar-refractivity contribution < 1.29 is 19.2 Å². The van der Waals surface area contributed by atoms with Crippen LogP contribution in [0.25, 0.3) is 0 Å². The third-order valence-corrected chi connectivity index (χ3v) is 8.47. The molecule has 0 amide bonds. The maximum atomic E-state index is 6.69. The van der Waals surface area contributed by atoms with Crippen LogP contribution >= 0.6 is 11.8 Å². The minimum absolute atomic E-state index is 0.141. The molecule has 5 saturated heterocycles. The molecule has 0 unspecified atom stereocenters. The molecule has 0 N–H and O–H groups in total. The smallest absolute Gasteiger partial charge is 0.201 e. The molecule has 6 fully saturated rings. The van der Waals surface area contributed by atoms with Crippen molar-refractivity contribution in [2.45, 2.75) is 70.4 Å². The number of nitrogens with zero attached hydrogens (tertiary/aromatic N) is 1. The second-order valence-corrected chi connectivity index (χ2v) is 10.2. The number of fused-ring (bicyclic) bond motifs is 2. The summed E-state index contributed by atoms with van der Waals surface area (Å²) >= 11 is 2.05. The molecular formula is C19H31NO4S. The van der Waals surface area contributed by atoms with Crippen molar-refractivity contribution in [3.05, 3.63) is 0 Å². The Morgan fingerprint density at radius 3 is 2.60 bits per heavy atom. The molecule has 0 aromatic carbocycles. The van der Waals surface area contributed by atoms with Crippen molar-refractivity contribution >= 4 is 11.8 Å². The van der Waals surface area contributed by atoms with E-state index in [1.165, 1.54) is 24.3 Å². The molecule has 1 spiro atoms. The van der Waals surface area contributed by atoms with E-state index in [1.54, 1.807) is 0 Å². The lowest BCUT2D eigenvalue weighted by Crippen LogP contribution is -2.72. The van der Waals surface area contributed by atoms with Gasteiger partial charge in [-0.2, -0.15) is 11.8 Å². The molecule has 25 heavy (non-hydrogen) atoms. The molecule has 0 radical (unpaired) electrons. The Kier molecular flexibility index (Phi) is 4.20. The van der Waals surface area contributed by atoms with Gasteiger partial charge in [0.25, 0.3) is 0 Å². The minimum atomic E-state index is -0.666. The maximum Gasteiger partial charge on any atom is 0.201 e. The molecule has 2 bridgehead atoms. The van der Waals surface area contributed by atoms with Crippen LogP contribution in [-0.4, -0.2) is 53.4 Å². The van der Waals surface area contributed by atoms with E-state index in [-0.39, 0.29) is 12.5 Å². The van der Waals surface area contributed by atoms with E-state index in [9.17, 15) is 0 Å². The van der Waals surface area contributed by atoms with E-state index in [4.69, 9.17) is 19.2 Å². The molecule has 6 aliphatic rings. The van der Waals surface area contributed by atoms with Crippen LogP contribution in [0.5, 0.6) is 0 Å². The Hall–Kier alpha value is 0.150. The van der Waals surface area contributed by atoms with Crippen molar-refractivity contribution in [3.63, 3.8) is 0 Å². The van der Waals surface area contributed by atoms with Crippen LogP contribution < -0.4 is 0 Å². The predicted octanol–water partition coefficient (Wildman–Crippen LogP) is 3.24. The molecular weight excluding hydrogens is 338 g/mol. The summed E-state index contributed by atoms with van der Waals surface area (Å²) < 4.78 is 13.1. The third-order valence-electron chi connectivity index (χ3n) is 7.53. The lowest BCUT2D eigenvalue weighted by atomic mass is 9.58. The first-order valence-electron chi connectivity index (χ1n) is 10.1. The molecule has 6 heteroatoms. The van der Waals surface area contributed by atoms with E-state index in [2.05, 4.69) is 18.7 Å². The summed E-state index contributed by atoms with van der Waals surface area (Å²) in [5.41, 5.74) is -0.422.